The number of alkyl halides is 1. The van der Waals surface area contributed by atoms with Crippen LogP contribution in [0.2, 0.25) is 0 Å². The minimum Gasteiger partial charge on any atom is -0.229 e. The van der Waals surface area contributed by atoms with Crippen molar-refractivity contribution in [3.05, 3.63) is 35.4 Å². The summed E-state index contributed by atoms with van der Waals surface area (Å²) in [5, 5.41) is -0.897. The smallest absolute Gasteiger partial charge is 0.151 e. The summed E-state index contributed by atoms with van der Waals surface area (Å²) in [5.74, 6) is 0. The van der Waals surface area contributed by atoms with E-state index in [-0.39, 0.29) is 5.38 Å². The minimum atomic E-state index is -3.06. The molecule has 2 unspecified atom stereocenters. The lowest BCUT2D eigenvalue weighted by Gasteiger charge is -2.16. The summed E-state index contributed by atoms with van der Waals surface area (Å²) in [6.45, 7) is 3.66. The number of aryl methyl sites for hydroxylation is 1. The second-order valence-corrected chi connectivity index (χ2v) is 7.21. The molecule has 90 valence electrons. The van der Waals surface area contributed by atoms with E-state index in [1.54, 1.807) is 6.92 Å². The van der Waals surface area contributed by atoms with E-state index in [2.05, 4.69) is 0 Å². The van der Waals surface area contributed by atoms with Crippen molar-refractivity contribution in [2.75, 3.05) is 6.26 Å². The summed E-state index contributed by atoms with van der Waals surface area (Å²) in [4.78, 5) is 0. The van der Waals surface area contributed by atoms with Crippen molar-refractivity contribution in [3.8, 4) is 0 Å². The molecular weight excluding hydrogens is 244 g/mol. The van der Waals surface area contributed by atoms with Crippen molar-refractivity contribution < 1.29 is 8.42 Å². The molecular formula is C12H17ClO2S. The average Bonchev–Trinajstić information content (AvgIpc) is 2.15. The fourth-order valence-corrected chi connectivity index (χ4v) is 2.87. The third-order valence-electron chi connectivity index (χ3n) is 2.70. The maximum Gasteiger partial charge on any atom is 0.151 e. The molecule has 2 nitrogen and oxygen atoms in total. The Hall–Kier alpha value is -0.540. The molecule has 0 aliphatic rings. The van der Waals surface area contributed by atoms with Crippen LogP contribution in [0, 0.1) is 6.92 Å². The third kappa shape index (κ3) is 3.80. The highest BCUT2D eigenvalue weighted by atomic mass is 35.5. The summed E-state index contributed by atoms with van der Waals surface area (Å²) < 4.78 is 22.7. The maximum atomic E-state index is 11.3. The highest BCUT2D eigenvalue weighted by Gasteiger charge is 2.24. The van der Waals surface area contributed by atoms with Gasteiger partial charge in [-0.15, -0.1) is 11.6 Å². The van der Waals surface area contributed by atoms with Gasteiger partial charge in [-0.1, -0.05) is 29.8 Å². The van der Waals surface area contributed by atoms with E-state index in [9.17, 15) is 8.42 Å². The van der Waals surface area contributed by atoms with Gasteiger partial charge in [0.1, 0.15) is 0 Å². The Morgan fingerprint density at radius 3 is 2.50 bits per heavy atom. The fourth-order valence-electron chi connectivity index (χ4n) is 1.50. The maximum absolute atomic E-state index is 11.3. The predicted molar refractivity (Wildman–Crippen MR) is 68.8 cm³/mol. The highest BCUT2D eigenvalue weighted by Crippen LogP contribution is 2.17. The number of halogens is 1. The molecule has 4 heteroatoms. The molecule has 1 aromatic carbocycles. The van der Waals surface area contributed by atoms with Gasteiger partial charge in [0.2, 0.25) is 0 Å². The number of hydrogen-bond donors (Lipinski definition) is 0. The van der Waals surface area contributed by atoms with Gasteiger partial charge in [-0.05, 0) is 25.8 Å². The first-order chi connectivity index (χ1) is 7.30. The van der Waals surface area contributed by atoms with Crippen molar-refractivity contribution in [1.29, 1.82) is 0 Å². The van der Waals surface area contributed by atoms with E-state index in [1.807, 2.05) is 31.2 Å². The van der Waals surface area contributed by atoms with E-state index < -0.39 is 15.1 Å². The number of sulfone groups is 1. The van der Waals surface area contributed by atoms with Gasteiger partial charge < -0.3 is 0 Å². The molecule has 0 bridgehead atoms. The van der Waals surface area contributed by atoms with Gasteiger partial charge in [-0.2, -0.15) is 0 Å². The third-order valence-corrected chi connectivity index (χ3v) is 5.06. The van der Waals surface area contributed by atoms with Gasteiger partial charge in [0.15, 0.2) is 9.84 Å². The van der Waals surface area contributed by atoms with Gasteiger partial charge in [-0.25, -0.2) is 8.42 Å². The van der Waals surface area contributed by atoms with Gasteiger partial charge in [0.05, 0.1) is 10.6 Å². The normalized spacial score (nSPS) is 15.8. The van der Waals surface area contributed by atoms with Crippen LogP contribution in [0.4, 0.5) is 0 Å². The molecule has 0 aromatic heterocycles. The zero-order chi connectivity index (χ0) is 12.3. The van der Waals surface area contributed by atoms with Crippen molar-refractivity contribution in [3.63, 3.8) is 0 Å². The second-order valence-electron chi connectivity index (χ2n) is 4.24. The molecule has 0 amide bonds. The van der Waals surface area contributed by atoms with E-state index in [0.29, 0.717) is 6.42 Å². The van der Waals surface area contributed by atoms with Crippen LogP contribution in [0.25, 0.3) is 0 Å². The Kier molecular flexibility index (Phi) is 4.39. The van der Waals surface area contributed by atoms with Crippen LogP contribution >= 0.6 is 11.6 Å². The Balaban J connectivity index is 2.75. The first kappa shape index (κ1) is 13.5. The Bertz CT molecular complexity index is 454. The zero-order valence-corrected chi connectivity index (χ0v) is 11.3. The van der Waals surface area contributed by atoms with Crippen LogP contribution in [-0.2, 0) is 16.3 Å². The number of benzene rings is 1. The van der Waals surface area contributed by atoms with E-state index in [4.69, 9.17) is 11.6 Å². The van der Waals surface area contributed by atoms with Gasteiger partial charge >= 0.3 is 0 Å². The molecule has 0 fully saturated rings. The van der Waals surface area contributed by atoms with Gasteiger partial charge in [0, 0.05) is 6.26 Å². The molecule has 0 aliphatic carbocycles. The zero-order valence-electron chi connectivity index (χ0n) is 9.77. The van der Waals surface area contributed by atoms with E-state index >= 15 is 0 Å². The quantitative estimate of drug-likeness (QED) is 0.780. The summed E-state index contributed by atoms with van der Waals surface area (Å²) >= 11 is 6.12. The largest absolute Gasteiger partial charge is 0.229 e. The molecule has 0 radical (unpaired) electrons. The minimum absolute atomic E-state index is 0.378. The summed E-state index contributed by atoms with van der Waals surface area (Å²) in [7, 11) is -3.06. The van der Waals surface area contributed by atoms with Crippen molar-refractivity contribution >= 4 is 21.4 Å². The summed E-state index contributed by atoms with van der Waals surface area (Å²) in [5.41, 5.74) is 2.24. The molecule has 1 aromatic rings. The van der Waals surface area contributed by atoms with Crippen LogP contribution < -0.4 is 0 Å². The molecule has 0 spiro atoms. The standard InChI is InChI=1S/C12H17ClO2S/c1-9-5-4-6-11(7-9)8-12(13)10(2)16(3,14)15/h4-7,10,12H,8H2,1-3H3. The Labute approximate surface area is 103 Å². The predicted octanol–water partition coefficient (Wildman–Crippen LogP) is 2.58. The molecule has 0 N–H and O–H groups in total. The lowest BCUT2D eigenvalue weighted by Crippen LogP contribution is -2.28. The molecule has 0 aliphatic heterocycles. The van der Waals surface area contributed by atoms with E-state index in [0.717, 1.165) is 11.1 Å². The van der Waals surface area contributed by atoms with E-state index in [1.165, 1.54) is 6.26 Å². The Morgan fingerprint density at radius 1 is 1.38 bits per heavy atom. The monoisotopic (exact) mass is 260 g/mol. The lowest BCUT2D eigenvalue weighted by atomic mass is 10.1. The molecule has 0 saturated heterocycles. The summed E-state index contributed by atoms with van der Waals surface area (Å²) in [6, 6.07) is 7.97. The number of hydrogen-bond acceptors (Lipinski definition) is 2. The first-order valence-corrected chi connectivity index (χ1v) is 7.58. The van der Waals surface area contributed by atoms with Crippen LogP contribution in [0.5, 0.6) is 0 Å². The van der Waals surface area contributed by atoms with Crippen LogP contribution in [-0.4, -0.2) is 25.3 Å². The second kappa shape index (κ2) is 5.19. The van der Waals surface area contributed by atoms with Crippen molar-refractivity contribution in [1.82, 2.24) is 0 Å². The molecule has 2 atom stereocenters. The molecule has 0 heterocycles. The molecule has 16 heavy (non-hydrogen) atoms. The first-order valence-electron chi connectivity index (χ1n) is 5.19. The molecule has 0 saturated carbocycles. The van der Waals surface area contributed by atoms with Crippen molar-refractivity contribution in [2.24, 2.45) is 0 Å². The fraction of sp³-hybridized carbons (Fsp3) is 0.500. The highest BCUT2D eigenvalue weighted by molar-refractivity contribution is 7.91. The molecule has 1 rings (SSSR count). The van der Waals surface area contributed by atoms with Crippen LogP contribution in [0.15, 0.2) is 24.3 Å². The number of rotatable bonds is 4. The average molecular weight is 261 g/mol. The van der Waals surface area contributed by atoms with Gasteiger partial charge in [-0.3, -0.25) is 0 Å². The van der Waals surface area contributed by atoms with Crippen LogP contribution in [0.3, 0.4) is 0 Å². The summed E-state index contributed by atoms with van der Waals surface area (Å²) in [6.07, 6.45) is 1.81. The van der Waals surface area contributed by atoms with Gasteiger partial charge in [0.25, 0.3) is 0 Å². The Morgan fingerprint density at radius 2 is 2.00 bits per heavy atom. The van der Waals surface area contributed by atoms with Crippen molar-refractivity contribution in [2.45, 2.75) is 30.9 Å². The van der Waals surface area contributed by atoms with Crippen LogP contribution in [0.1, 0.15) is 18.1 Å². The lowest BCUT2D eigenvalue weighted by molar-refractivity contribution is 0.584. The topological polar surface area (TPSA) is 34.1 Å². The SMILES string of the molecule is Cc1cccc(CC(Cl)C(C)S(C)(=O)=O)c1.